The molecular formula is C85H93F2N3O3. The molecule has 0 aromatic heterocycles. The fourth-order valence-electron chi connectivity index (χ4n) is 8.76. The van der Waals surface area contributed by atoms with Gasteiger partial charge >= 0.3 is 0 Å². The highest BCUT2D eigenvalue weighted by atomic mass is 19.1. The van der Waals surface area contributed by atoms with Crippen molar-refractivity contribution in [1.82, 2.24) is 0 Å². The Hall–Kier alpha value is -10.7. The van der Waals surface area contributed by atoms with Crippen molar-refractivity contribution in [2.75, 3.05) is 17.2 Å². The first-order valence-electron chi connectivity index (χ1n) is 30.8. The number of phenols is 3. The molecule has 0 unspecified atom stereocenters. The molecule has 12 aromatic rings. The summed E-state index contributed by atoms with van der Waals surface area (Å²) in [6.07, 6.45) is 0. The van der Waals surface area contributed by atoms with Gasteiger partial charge in [0.2, 0.25) is 0 Å². The lowest BCUT2D eigenvalue weighted by Crippen LogP contribution is -1.92. The van der Waals surface area contributed by atoms with Gasteiger partial charge in [0.15, 0.2) is 0 Å². The van der Waals surface area contributed by atoms with Crippen LogP contribution in [0.4, 0.5) is 25.8 Å². The standard InChI is InChI=1S/3C13H12.C8H11N.3C8H10O.2C7H8FN/c1-11-7-5-6-10-13(11)12-8-3-2-4-9-12;1-11-6-5-9-13(10-11)12-7-3-2-4-8-12;1-11-7-9-13(10-8-11)12-5-3-2-4-6-12;2*1-6-3-4-8(9)7(2)5-6;1-6-3-4-7(2)8(9)5-6;1-6-4-3-5-7(2)8(6)9;1-5-2-3-6(8)4-7(5)9;1-5-3-2-4-6(8)7(5)9/h3*2-10H,1H3;3-5H,9H2,1-2H3;3*3-5,9H,1-2H3;2*2-4H,9H2,1H3. The lowest BCUT2D eigenvalue weighted by atomic mass is 10.0. The number of nitrogens with two attached hydrogens (primary N) is 3. The van der Waals surface area contributed by atoms with Gasteiger partial charge in [-0.15, -0.1) is 0 Å². The van der Waals surface area contributed by atoms with E-state index in [0.29, 0.717) is 22.9 Å². The number of para-hydroxylation sites is 2. The van der Waals surface area contributed by atoms with E-state index in [1.54, 1.807) is 37.3 Å². The van der Waals surface area contributed by atoms with Gasteiger partial charge in [0.1, 0.15) is 28.9 Å². The summed E-state index contributed by atoms with van der Waals surface area (Å²) in [6, 6.07) is 89.0. The number of hydrogen-bond acceptors (Lipinski definition) is 6. The third-order valence-electron chi connectivity index (χ3n) is 14.6. The molecule has 0 bridgehead atoms. The van der Waals surface area contributed by atoms with Crippen LogP contribution < -0.4 is 17.2 Å². The highest BCUT2D eigenvalue weighted by Gasteiger charge is 2.01. The minimum absolute atomic E-state index is 0.248. The summed E-state index contributed by atoms with van der Waals surface area (Å²) in [7, 11) is 0. The van der Waals surface area contributed by atoms with Crippen molar-refractivity contribution in [3.05, 3.63) is 357 Å². The van der Waals surface area contributed by atoms with E-state index in [4.69, 9.17) is 27.4 Å². The van der Waals surface area contributed by atoms with Gasteiger partial charge in [-0.3, -0.25) is 0 Å². The number of anilines is 3. The molecule has 0 saturated heterocycles. The average molecular weight is 1240 g/mol. The predicted octanol–water partition coefficient (Wildman–Crippen LogP) is 22.3. The Morgan fingerprint density at radius 3 is 1.13 bits per heavy atom. The fraction of sp³-hybridized carbons (Fsp3) is 0.153. The van der Waals surface area contributed by atoms with Gasteiger partial charge in [-0.05, 0) is 210 Å². The van der Waals surface area contributed by atoms with E-state index in [9.17, 15) is 13.9 Å². The molecule has 0 atom stereocenters. The quantitative estimate of drug-likeness (QED) is 0.0975. The summed E-state index contributed by atoms with van der Waals surface area (Å²) in [5, 5.41) is 27.4. The molecule has 0 aliphatic carbocycles. The van der Waals surface area contributed by atoms with Gasteiger partial charge in [0.25, 0.3) is 0 Å². The Morgan fingerprint density at radius 2 is 0.667 bits per heavy atom. The lowest BCUT2D eigenvalue weighted by Gasteiger charge is -2.04. The molecule has 12 aromatic carbocycles. The van der Waals surface area contributed by atoms with Crippen molar-refractivity contribution in [2.45, 2.75) is 90.0 Å². The van der Waals surface area contributed by atoms with E-state index in [2.05, 4.69) is 179 Å². The number of hydrogen-bond donors (Lipinski definition) is 6. The van der Waals surface area contributed by atoms with E-state index in [1.165, 1.54) is 79.4 Å². The number of rotatable bonds is 3. The van der Waals surface area contributed by atoms with Crippen LogP contribution >= 0.6 is 0 Å². The van der Waals surface area contributed by atoms with Crippen molar-refractivity contribution >= 4 is 17.1 Å². The normalized spacial score (nSPS) is 9.71. The molecule has 9 N–H and O–H groups in total. The monoisotopic (exact) mass is 1240 g/mol. The van der Waals surface area contributed by atoms with Crippen LogP contribution in [0.15, 0.2) is 273 Å². The van der Waals surface area contributed by atoms with E-state index in [1.807, 2.05) is 128 Å². The predicted molar refractivity (Wildman–Crippen MR) is 394 cm³/mol. The first kappa shape index (κ1) is 74.8. The van der Waals surface area contributed by atoms with E-state index in [-0.39, 0.29) is 17.3 Å². The van der Waals surface area contributed by atoms with Crippen molar-refractivity contribution in [3.8, 4) is 50.6 Å². The largest absolute Gasteiger partial charge is 0.508 e. The minimum atomic E-state index is -0.338. The average Bonchev–Trinajstić information content (AvgIpc) is 3.04. The second-order valence-corrected chi connectivity index (χ2v) is 22.8. The van der Waals surface area contributed by atoms with Crippen LogP contribution in [0.25, 0.3) is 33.4 Å². The van der Waals surface area contributed by atoms with Crippen molar-refractivity contribution < 1.29 is 24.1 Å². The smallest absolute Gasteiger partial charge is 0.146 e. The summed E-state index contributed by atoms with van der Waals surface area (Å²) in [4.78, 5) is 0. The first-order chi connectivity index (χ1) is 44.3. The van der Waals surface area contributed by atoms with E-state index < -0.39 is 0 Å². The Bertz CT molecular complexity index is 3870. The van der Waals surface area contributed by atoms with Crippen molar-refractivity contribution in [3.63, 3.8) is 0 Å². The molecule has 8 heteroatoms. The van der Waals surface area contributed by atoms with Gasteiger partial charge in [-0.25, -0.2) is 8.78 Å². The van der Waals surface area contributed by atoms with Gasteiger partial charge < -0.3 is 32.5 Å². The van der Waals surface area contributed by atoms with Crippen LogP contribution in [-0.2, 0) is 0 Å². The Kier molecular flexibility index (Phi) is 31.7. The zero-order valence-electron chi connectivity index (χ0n) is 56.3. The second-order valence-electron chi connectivity index (χ2n) is 22.8. The second kappa shape index (κ2) is 39.4. The van der Waals surface area contributed by atoms with Gasteiger partial charge in [-0.2, -0.15) is 0 Å². The van der Waals surface area contributed by atoms with Gasteiger partial charge in [0, 0.05) is 11.4 Å². The minimum Gasteiger partial charge on any atom is -0.508 e. The maximum absolute atomic E-state index is 12.5. The molecule has 12 rings (SSSR count). The molecule has 0 saturated carbocycles. The van der Waals surface area contributed by atoms with Gasteiger partial charge in [0.05, 0.1) is 5.69 Å². The topological polar surface area (TPSA) is 139 Å². The lowest BCUT2D eigenvalue weighted by molar-refractivity contribution is 0.467. The molecule has 0 fully saturated rings. The maximum Gasteiger partial charge on any atom is 0.146 e. The molecule has 0 aliphatic rings. The molecule has 0 radical (unpaired) electrons. The van der Waals surface area contributed by atoms with Crippen molar-refractivity contribution in [1.29, 1.82) is 0 Å². The number of aryl methyl sites for hydroxylation is 13. The molecule has 93 heavy (non-hydrogen) atoms. The molecule has 0 aliphatic heterocycles. The van der Waals surface area contributed by atoms with Crippen LogP contribution in [0, 0.1) is 102 Å². The Labute approximate surface area is 553 Å². The van der Waals surface area contributed by atoms with Crippen LogP contribution in [0.5, 0.6) is 17.2 Å². The summed E-state index contributed by atoms with van der Waals surface area (Å²) in [6.45, 7) is 25.6. The van der Waals surface area contributed by atoms with Gasteiger partial charge in [-0.1, -0.05) is 259 Å². The molecule has 480 valence electrons. The third-order valence-corrected chi connectivity index (χ3v) is 14.6. The summed E-state index contributed by atoms with van der Waals surface area (Å²) in [5.74, 6) is 0.557. The fourth-order valence-corrected chi connectivity index (χ4v) is 8.76. The summed E-state index contributed by atoms with van der Waals surface area (Å²) < 4.78 is 24.7. The highest BCUT2D eigenvalue weighted by Crippen LogP contribution is 2.24. The zero-order chi connectivity index (χ0) is 68.4. The maximum atomic E-state index is 12.5. The number of nitrogen functional groups attached to an aromatic ring is 3. The van der Waals surface area contributed by atoms with Crippen LogP contribution in [0.3, 0.4) is 0 Å². The molecule has 0 amide bonds. The van der Waals surface area contributed by atoms with E-state index in [0.717, 1.165) is 50.2 Å². The van der Waals surface area contributed by atoms with E-state index >= 15 is 0 Å². The first-order valence-corrected chi connectivity index (χ1v) is 30.8. The van der Waals surface area contributed by atoms with Crippen molar-refractivity contribution in [2.24, 2.45) is 0 Å². The summed E-state index contributed by atoms with van der Waals surface area (Å²) in [5.41, 5.74) is 39.8. The molecule has 6 nitrogen and oxygen atoms in total. The number of halogens is 2. The highest BCUT2D eigenvalue weighted by molar-refractivity contribution is 5.67. The van der Waals surface area contributed by atoms with Crippen LogP contribution in [-0.4, -0.2) is 15.3 Å². The number of benzene rings is 12. The molecule has 0 heterocycles. The molecular weight excluding hydrogens is 1150 g/mol. The van der Waals surface area contributed by atoms with Crippen LogP contribution in [0.2, 0.25) is 0 Å². The Morgan fingerprint density at radius 1 is 0.247 bits per heavy atom. The zero-order valence-corrected chi connectivity index (χ0v) is 56.3. The SMILES string of the molecule is Cc1ccc(-c2ccccc2)cc1.Cc1ccc(C)c(O)c1.Cc1ccc(F)cc1N.Cc1ccc(N)c(C)c1.Cc1ccc(O)c(C)c1.Cc1cccc(-c2ccccc2)c1.Cc1cccc(C)c1O.Cc1cccc(F)c1N.Cc1ccccc1-c1ccccc1. The Balaban J connectivity index is 0.000000224. The third kappa shape index (κ3) is 27.5. The summed E-state index contributed by atoms with van der Waals surface area (Å²) >= 11 is 0. The number of aromatic hydroxyl groups is 3. The number of phenolic OH excluding ortho intramolecular Hbond substituents is 3. The van der Waals surface area contributed by atoms with Crippen LogP contribution in [0.1, 0.15) is 72.3 Å². The molecule has 0 spiro atoms.